The lowest BCUT2D eigenvalue weighted by molar-refractivity contribution is -0.132. The molecule has 2 aliphatic rings. The van der Waals surface area contributed by atoms with Gasteiger partial charge in [-0.1, -0.05) is 36.4 Å². The van der Waals surface area contributed by atoms with Gasteiger partial charge >= 0.3 is 12.2 Å². The molecule has 0 radical (unpaired) electrons. The van der Waals surface area contributed by atoms with E-state index in [1.165, 1.54) is 4.90 Å². The predicted octanol–water partition coefficient (Wildman–Crippen LogP) is 5.88. The van der Waals surface area contributed by atoms with Crippen LogP contribution in [0.4, 0.5) is 14.0 Å². The monoisotopic (exact) mass is 583 g/mol. The Morgan fingerprint density at radius 3 is 1.98 bits per heavy atom. The SMILES string of the molecule is CC(C)OC(=O)N1CCC(Oc2ccc(-c3ccc(C(NC(=O)OC(C)(C)C)C(=O)N4CC[C@H](F)C4)cc3)cc2)CC1. The quantitative estimate of drug-likeness (QED) is 0.437. The second kappa shape index (κ2) is 13.4. The molecule has 2 atom stereocenters. The summed E-state index contributed by atoms with van der Waals surface area (Å²) >= 11 is 0. The van der Waals surface area contributed by atoms with Crippen LogP contribution in [0.5, 0.6) is 5.75 Å². The van der Waals surface area contributed by atoms with Gasteiger partial charge < -0.3 is 29.3 Å². The number of halogens is 1. The van der Waals surface area contributed by atoms with Crippen molar-refractivity contribution in [2.45, 2.75) is 83.9 Å². The largest absolute Gasteiger partial charge is 0.490 e. The van der Waals surface area contributed by atoms with Crippen molar-refractivity contribution in [3.05, 3.63) is 54.1 Å². The first-order valence-electron chi connectivity index (χ1n) is 14.6. The number of rotatable bonds is 7. The van der Waals surface area contributed by atoms with Crippen LogP contribution < -0.4 is 10.1 Å². The normalized spacial score (nSPS) is 18.5. The molecule has 228 valence electrons. The molecule has 1 unspecified atom stereocenters. The van der Waals surface area contributed by atoms with Crippen LogP contribution in [0, 0.1) is 0 Å². The van der Waals surface area contributed by atoms with E-state index in [0.717, 1.165) is 29.7 Å². The molecule has 9 nitrogen and oxygen atoms in total. The topological polar surface area (TPSA) is 97.4 Å². The summed E-state index contributed by atoms with van der Waals surface area (Å²) in [5.74, 6) is 0.389. The van der Waals surface area contributed by atoms with Gasteiger partial charge in [-0.3, -0.25) is 4.79 Å². The van der Waals surface area contributed by atoms with Gasteiger partial charge in [-0.25, -0.2) is 14.0 Å². The van der Waals surface area contributed by atoms with Crippen molar-refractivity contribution in [3.63, 3.8) is 0 Å². The lowest BCUT2D eigenvalue weighted by atomic mass is 10.00. The Morgan fingerprint density at radius 2 is 1.45 bits per heavy atom. The fraction of sp³-hybridized carbons (Fsp3) is 0.531. The number of piperidine rings is 1. The minimum atomic E-state index is -1.06. The zero-order valence-electron chi connectivity index (χ0n) is 25.1. The van der Waals surface area contributed by atoms with E-state index >= 15 is 0 Å². The third-order valence-corrected chi connectivity index (χ3v) is 7.12. The first-order chi connectivity index (χ1) is 19.9. The lowest BCUT2D eigenvalue weighted by Gasteiger charge is -2.32. The van der Waals surface area contributed by atoms with Crippen LogP contribution >= 0.6 is 0 Å². The van der Waals surface area contributed by atoms with Gasteiger partial charge in [0.05, 0.1) is 12.6 Å². The summed E-state index contributed by atoms with van der Waals surface area (Å²) in [5, 5.41) is 2.68. The molecular weight excluding hydrogens is 541 g/mol. The zero-order chi connectivity index (χ0) is 30.4. The van der Waals surface area contributed by atoms with E-state index in [9.17, 15) is 18.8 Å². The van der Waals surface area contributed by atoms with Gasteiger partial charge in [-0.05, 0) is 69.9 Å². The molecule has 0 bridgehead atoms. The van der Waals surface area contributed by atoms with Crippen molar-refractivity contribution in [2.75, 3.05) is 26.2 Å². The number of amides is 3. The molecule has 2 aromatic carbocycles. The van der Waals surface area contributed by atoms with Crippen LogP contribution in [-0.4, -0.2) is 78.1 Å². The van der Waals surface area contributed by atoms with Crippen molar-refractivity contribution in [3.8, 4) is 16.9 Å². The summed E-state index contributed by atoms with van der Waals surface area (Å²) in [6.07, 6.45) is -0.416. The smallest absolute Gasteiger partial charge is 0.410 e. The average molecular weight is 584 g/mol. The first kappa shape index (κ1) is 31.1. The Labute approximate surface area is 247 Å². The molecule has 3 amide bonds. The lowest BCUT2D eigenvalue weighted by Crippen LogP contribution is -2.43. The Morgan fingerprint density at radius 1 is 0.881 bits per heavy atom. The number of likely N-dealkylation sites (tertiary alicyclic amines) is 2. The number of ether oxygens (including phenoxy) is 3. The van der Waals surface area contributed by atoms with Crippen molar-refractivity contribution in [2.24, 2.45) is 0 Å². The summed E-state index contributed by atoms with van der Waals surface area (Å²) in [4.78, 5) is 41.1. The summed E-state index contributed by atoms with van der Waals surface area (Å²) in [5.41, 5.74) is 1.74. The van der Waals surface area contributed by atoms with Crippen LogP contribution in [-0.2, 0) is 14.3 Å². The molecule has 2 fully saturated rings. The van der Waals surface area contributed by atoms with Gasteiger partial charge in [-0.2, -0.15) is 0 Å². The molecule has 10 heteroatoms. The number of nitrogens with zero attached hydrogens (tertiary/aromatic N) is 2. The fourth-order valence-electron chi connectivity index (χ4n) is 5.03. The maximum absolute atomic E-state index is 13.8. The van der Waals surface area contributed by atoms with Gasteiger partial charge in [0.15, 0.2) is 0 Å². The van der Waals surface area contributed by atoms with Crippen LogP contribution in [0.3, 0.4) is 0 Å². The summed E-state index contributed by atoms with van der Waals surface area (Å²) < 4.78 is 30.7. The van der Waals surface area contributed by atoms with E-state index in [0.29, 0.717) is 25.2 Å². The number of hydrogen-bond donors (Lipinski definition) is 1. The number of alkyl halides is 1. The standard InChI is InChI=1S/C32H42FN3O6/c1-21(2)40-31(39)35-18-15-27(16-19-35)41-26-12-10-23(11-13-26)22-6-8-24(9-7-22)28(34-30(38)42-32(3,4)5)29(37)36-17-14-25(33)20-36/h6-13,21,25,27-28H,14-20H2,1-5H3,(H,34,38)/t25-,28?/m0/s1. The fourth-order valence-corrected chi connectivity index (χ4v) is 5.03. The number of hydrogen-bond acceptors (Lipinski definition) is 6. The van der Waals surface area contributed by atoms with E-state index in [1.807, 2.05) is 50.2 Å². The highest BCUT2D eigenvalue weighted by Crippen LogP contribution is 2.28. The van der Waals surface area contributed by atoms with Crippen molar-refractivity contribution < 1.29 is 33.0 Å². The van der Waals surface area contributed by atoms with E-state index < -0.39 is 23.9 Å². The minimum absolute atomic E-state index is 0.0155. The second-order valence-corrected chi connectivity index (χ2v) is 12.1. The summed E-state index contributed by atoms with van der Waals surface area (Å²) in [6, 6.07) is 14.1. The molecule has 2 saturated heterocycles. The van der Waals surface area contributed by atoms with Crippen LogP contribution in [0.25, 0.3) is 11.1 Å². The number of carbonyl (C=O) groups excluding carboxylic acids is 3. The Bertz CT molecular complexity index is 1220. The van der Waals surface area contributed by atoms with Crippen LogP contribution in [0.15, 0.2) is 48.5 Å². The average Bonchev–Trinajstić information content (AvgIpc) is 3.37. The highest BCUT2D eigenvalue weighted by atomic mass is 19.1. The molecule has 42 heavy (non-hydrogen) atoms. The van der Waals surface area contributed by atoms with Gasteiger partial charge in [0, 0.05) is 32.5 Å². The molecular formula is C32H42FN3O6. The van der Waals surface area contributed by atoms with Gasteiger partial charge in [-0.15, -0.1) is 0 Å². The Kier molecular flexibility index (Phi) is 9.96. The van der Waals surface area contributed by atoms with Crippen molar-refractivity contribution in [1.82, 2.24) is 15.1 Å². The molecule has 2 aromatic rings. The molecule has 0 saturated carbocycles. The third kappa shape index (κ3) is 8.59. The molecule has 1 N–H and O–H groups in total. The van der Waals surface area contributed by atoms with E-state index in [1.54, 1.807) is 37.8 Å². The molecule has 4 rings (SSSR count). The Hall–Kier alpha value is -3.82. The highest BCUT2D eigenvalue weighted by Gasteiger charge is 2.34. The maximum Gasteiger partial charge on any atom is 0.410 e. The summed E-state index contributed by atoms with van der Waals surface area (Å²) in [7, 11) is 0. The highest BCUT2D eigenvalue weighted by molar-refractivity contribution is 5.87. The van der Waals surface area contributed by atoms with Crippen LogP contribution in [0.1, 0.15) is 65.5 Å². The first-order valence-corrected chi connectivity index (χ1v) is 14.6. The maximum atomic E-state index is 13.8. The minimum Gasteiger partial charge on any atom is -0.490 e. The van der Waals surface area contributed by atoms with Crippen LogP contribution in [0.2, 0.25) is 0 Å². The zero-order valence-corrected chi connectivity index (χ0v) is 25.1. The van der Waals surface area contributed by atoms with E-state index in [2.05, 4.69) is 5.32 Å². The van der Waals surface area contributed by atoms with E-state index in [4.69, 9.17) is 14.2 Å². The molecule has 2 aliphatic heterocycles. The number of alkyl carbamates (subject to hydrolysis) is 1. The van der Waals surface area contributed by atoms with Gasteiger partial charge in [0.25, 0.3) is 0 Å². The van der Waals surface area contributed by atoms with Gasteiger partial charge in [0.1, 0.15) is 29.7 Å². The number of benzene rings is 2. The van der Waals surface area contributed by atoms with Crippen molar-refractivity contribution >= 4 is 18.1 Å². The predicted molar refractivity (Wildman–Crippen MR) is 157 cm³/mol. The van der Waals surface area contributed by atoms with Crippen molar-refractivity contribution in [1.29, 1.82) is 0 Å². The van der Waals surface area contributed by atoms with E-state index in [-0.39, 0.29) is 37.2 Å². The number of nitrogens with one attached hydrogen (secondary N) is 1. The molecule has 0 spiro atoms. The molecule has 0 aromatic heterocycles. The third-order valence-electron chi connectivity index (χ3n) is 7.12. The molecule has 0 aliphatic carbocycles. The van der Waals surface area contributed by atoms with Gasteiger partial charge in [0.2, 0.25) is 5.91 Å². The Balaban J connectivity index is 1.39. The second-order valence-electron chi connectivity index (χ2n) is 12.1. The summed E-state index contributed by atoms with van der Waals surface area (Å²) in [6.45, 7) is 10.4. The number of carbonyl (C=O) groups is 3. The molecule has 2 heterocycles.